The van der Waals surface area contributed by atoms with Crippen molar-refractivity contribution in [2.24, 2.45) is 0 Å². The fourth-order valence-electron chi connectivity index (χ4n) is 8.76. The summed E-state index contributed by atoms with van der Waals surface area (Å²) < 4.78 is 16.0. The third-order valence-corrected chi connectivity index (χ3v) is 12.4. The second-order valence-electron chi connectivity index (χ2n) is 14.4. The van der Waals surface area contributed by atoms with E-state index >= 15 is 0 Å². The topological polar surface area (TPSA) is 29.5 Å². The monoisotopic (exact) mass is 733 g/mol. The number of para-hydroxylation sites is 2. The van der Waals surface area contributed by atoms with Gasteiger partial charge in [-0.3, -0.25) is 0 Å². The second kappa shape index (κ2) is 12.2. The third kappa shape index (κ3) is 4.70. The molecule has 12 rings (SSSR count). The van der Waals surface area contributed by atoms with Gasteiger partial charge in [-0.25, -0.2) is 0 Å². The molecule has 56 heavy (non-hydrogen) atoms. The first-order valence-electron chi connectivity index (χ1n) is 18.9. The zero-order valence-corrected chi connectivity index (χ0v) is 30.9. The van der Waals surface area contributed by atoms with E-state index in [-0.39, 0.29) is 0 Å². The van der Waals surface area contributed by atoms with Crippen molar-refractivity contribution in [3.63, 3.8) is 0 Å². The molecule has 0 atom stereocenters. The molecular formula is C52H31NO2S. The maximum Gasteiger partial charge on any atom is 0.159 e. The van der Waals surface area contributed by atoms with Gasteiger partial charge < -0.3 is 13.7 Å². The van der Waals surface area contributed by atoms with Gasteiger partial charge in [-0.1, -0.05) is 133 Å². The van der Waals surface area contributed by atoms with Crippen LogP contribution in [-0.2, 0) is 0 Å². The van der Waals surface area contributed by atoms with Crippen LogP contribution in [0.5, 0.6) is 0 Å². The average Bonchev–Trinajstić information content (AvgIpc) is 3.95. The van der Waals surface area contributed by atoms with Crippen LogP contribution in [0.25, 0.3) is 97.1 Å². The highest BCUT2D eigenvalue weighted by Crippen LogP contribution is 2.48. The standard InChI is InChI=1S/C52H31NO2S/c1-2-12-32(13-3-1)33-24-26-34(27-25-33)53(35-28-29-38-37-15-7-9-23-48(37)56-49(38)30-35)44-20-10-19-42-51-39-16-5-4-14-36(39)43(31-47(51)55-52(42)44)40-18-11-22-46-50(40)41-17-6-8-21-45(41)54-46/h1-31H. The van der Waals surface area contributed by atoms with Crippen LogP contribution in [0.2, 0.25) is 0 Å². The summed E-state index contributed by atoms with van der Waals surface area (Å²) >= 11 is 1.84. The Bertz CT molecular complexity index is 3480. The fourth-order valence-corrected chi connectivity index (χ4v) is 9.90. The van der Waals surface area contributed by atoms with Gasteiger partial charge >= 0.3 is 0 Å². The van der Waals surface area contributed by atoms with Gasteiger partial charge in [-0.15, -0.1) is 11.3 Å². The minimum atomic E-state index is 0.848. The Balaban J connectivity index is 1.11. The summed E-state index contributed by atoms with van der Waals surface area (Å²) in [6.07, 6.45) is 0. The number of benzene rings is 9. The minimum Gasteiger partial charge on any atom is -0.456 e. The molecule has 3 heterocycles. The molecule has 0 aliphatic rings. The molecule has 0 aliphatic heterocycles. The van der Waals surface area contributed by atoms with Crippen molar-refractivity contribution in [1.82, 2.24) is 0 Å². The smallest absolute Gasteiger partial charge is 0.159 e. The predicted molar refractivity (Wildman–Crippen MR) is 237 cm³/mol. The highest BCUT2D eigenvalue weighted by atomic mass is 32.1. The largest absolute Gasteiger partial charge is 0.456 e. The highest BCUT2D eigenvalue weighted by molar-refractivity contribution is 7.25. The molecule has 4 heteroatoms. The molecule has 3 aromatic heterocycles. The van der Waals surface area contributed by atoms with E-state index in [0.29, 0.717) is 0 Å². The Morgan fingerprint density at radius 2 is 1.02 bits per heavy atom. The molecule has 262 valence electrons. The minimum absolute atomic E-state index is 0.848. The molecule has 0 spiro atoms. The maximum atomic E-state index is 7.12. The van der Waals surface area contributed by atoms with E-state index in [9.17, 15) is 0 Å². The molecule has 12 aromatic rings. The van der Waals surface area contributed by atoms with Crippen LogP contribution in [0.1, 0.15) is 0 Å². The Labute approximate surface area is 325 Å². The summed E-state index contributed by atoms with van der Waals surface area (Å²) in [6.45, 7) is 0. The molecule has 0 saturated heterocycles. The molecule has 0 unspecified atom stereocenters. The van der Waals surface area contributed by atoms with Crippen LogP contribution >= 0.6 is 11.3 Å². The van der Waals surface area contributed by atoms with Crippen LogP contribution in [0.3, 0.4) is 0 Å². The third-order valence-electron chi connectivity index (χ3n) is 11.3. The van der Waals surface area contributed by atoms with E-state index in [0.717, 1.165) is 77.5 Å². The number of hydrogen-bond donors (Lipinski definition) is 0. The van der Waals surface area contributed by atoms with Gasteiger partial charge in [0.05, 0.1) is 5.69 Å². The fraction of sp³-hybridized carbons (Fsp3) is 0. The van der Waals surface area contributed by atoms with Gasteiger partial charge in [0.25, 0.3) is 0 Å². The summed E-state index contributed by atoms with van der Waals surface area (Å²) in [4.78, 5) is 2.35. The summed E-state index contributed by atoms with van der Waals surface area (Å²) in [5.74, 6) is 0. The van der Waals surface area contributed by atoms with E-state index < -0.39 is 0 Å². The first-order valence-corrected chi connectivity index (χ1v) is 19.7. The van der Waals surface area contributed by atoms with Crippen molar-refractivity contribution in [3.8, 4) is 22.3 Å². The van der Waals surface area contributed by atoms with Crippen molar-refractivity contribution in [3.05, 3.63) is 188 Å². The summed E-state index contributed by atoms with van der Waals surface area (Å²) in [5.41, 5.74) is 11.2. The Morgan fingerprint density at radius 3 is 1.89 bits per heavy atom. The van der Waals surface area contributed by atoms with Crippen molar-refractivity contribution < 1.29 is 8.83 Å². The second-order valence-corrected chi connectivity index (χ2v) is 15.5. The number of nitrogens with zero attached hydrogens (tertiary/aromatic N) is 1. The van der Waals surface area contributed by atoms with Crippen molar-refractivity contribution in [2.45, 2.75) is 0 Å². The lowest BCUT2D eigenvalue weighted by atomic mass is 9.92. The number of hydrogen-bond acceptors (Lipinski definition) is 4. The number of rotatable bonds is 5. The van der Waals surface area contributed by atoms with Crippen LogP contribution in [0.15, 0.2) is 197 Å². The van der Waals surface area contributed by atoms with Gasteiger partial charge in [0.1, 0.15) is 16.7 Å². The number of anilines is 3. The van der Waals surface area contributed by atoms with Gasteiger partial charge in [-0.05, 0) is 87.6 Å². The van der Waals surface area contributed by atoms with Crippen molar-refractivity contribution in [1.29, 1.82) is 0 Å². The average molecular weight is 734 g/mol. The summed E-state index contributed by atoms with van der Waals surface area (Å²) in [5, 5.41) is 9.32. The lowest BCUT2D eigenvalue weighted by Crippen LogP contribution is -2.10. The Kier molecular flexibility index (Phi) is 6.80. The molecular weight excluding hydrogens is 703 g/mol. The molecule has 0 saturated carbocycles. The lowest BCUT2D eigenvalue weighted by Gasteiger charge is -2.26. The molecule has 0 fully saturated rings. The van der Waals surface area contributed by atoms with E-state index in [4.69, 9.17) is 8.83 Å². The molecule has 0 bridgehead atoms. The Hall–Kier alpha value is -7.14. The van der Waals surface area contributed by atoms with E-state index in [2.05, 4.69) is 181 Å². The van der Waals surface area contributed by atoms with Gasteiger partial charge in [0, 0.05) is 53.1 Å². The molecule has 0 aliphatic carbocycles. The first-order chi connectivity index (χ1) is 27.8. The van der Waals surface area contributed by atoms with E-state index in [1.807, 2.05) is 23.5 Å². The summed E-state index contributed by atoms with van der Waals surface area (Å²) in [6, 6.07) is 67.1. The van der Waals surface area contributed by atoms with Crippen molar-refractivity contribution >= 4 is 103 Å². The molecule has 0 radical (unpaired) electrons. The zero-order chi connectivity index (χ0) is 36.7. The SMILES string of the molecule is c1ccc(-c2ccc(N(c3ccc4c(c3)sc3ccccc34)c3cccc4c3oc3cc(-c5cccc6oc7ccccc7c56)c5ccccc5c34)cc2)cc1. The van der Waals surface area contributed by atoms with E-state index in [1.165, 1.54) is 36.7 Å². The maximum absolute atomic E-state index is 7.12. The van der Waals surface area contributed by atoms with Crippen LogP contribution in [0.4, 0.5) is 17.1 Å². The first kappa shape index (κ1) is 31.2. The number of furan rings is 2. The molecule has 9 aromatic carbocycles. The molecule has 0 N–H and O–H groups in total. The normalized spacial score (nSPS) is 11.9. The molecule has 3 nitrogen and oxygen atoms in total. The quantitative estimate of drug-likeness (QED) is 0.176. The highest BCUT2D eigenvalue weighted by Gasteiger charge is 2.23. The number of thiophene rings is 1. The zero-order valence-electron chi connectivity index (χ0n) is 30.1. The van der Waals surface area contributed by atoms with Crippen LogP contribution < -0.4 is 4.90 Å². The summed E-state index contributed by atoms with van der Waals surface area (Å²) in [7, 11) is 0. The lowest BCUT2D eigenvalue weighted by molar-refractivity contribution is 0.668. The molecule has 0 amide bonds. The van der Waals surface area contributed by atoms with Gasteiger partial charge in [0.2, 0.25) is 0 Å². The Morgan fingerprint density at radius 1 is 0.357 bits per heavy atom. The van der Waals surface area contributed by atoms with E-state index in [1.54, 1.807) is 0 Å². The van der Waals surface area contributed by atoms with Crippen LogP contribution in [-0.4, -0.2) is 0 Å². The van der Waals surface area contributed by atoms with Crippen molar-refractivity contribution in [2.75, 3.05) is 4.90 Å². The van der Waals surface area contributed by atoms with Gasteiger partial charge in [0.15, 0.2) is 5.58 Å². The van der Waals surface area contributed by atoms with Gasteiger partial charge in [-0.2, -0.15) is 0 Å². The predicted octanol–water partition coefficient (Wildman–Crippen LogP) is 15.8. The number of fused-ring (bicyclic) bond motifs is 11. The van der Waals surface area contributed by atoms with Crippen LogP contribution in [0, 0.1) is 0 Å².